The normalized spacial score (nSPS) is 20.6. The predicted molar refractivity (Wildman–Crippen MR) is 61.6 cm³/mol. The first-order valence-electron chi connectivity index (χ1n) is 5.71. The van der Waals surface area contributed by atoms with Gasteiger partial charge < -0.3 is 9.32 Å². The molecule has 0 aliphatic carbocycles. The zero-order valence-corrected chi connectivity index (χ0v) is 10.7. The van der Waals surface area contributed by atoms with E-state index in [4.69, 9.17) is 4.42 Å². The Labute approximate surface area is 101 Å². The predicted octanol–water partition coefficient (Wildman–Crippen LogP) is 0.544. The van der Waals surface area contributed by atoms with Gasteiger partial charge in [-0.25, -0.2) is 0 Å². The van der Waals surface area contributed by atoms with Gasteiger partial charge in [-0.15, -0.1) is 10.2 Å². The maximum absolute atomic E-state index is 12.1. The van der Waals surface area contributed by atoms with E-state index in [1.54, 1.807) is 11.8 Å². The Morgan fingerprint density at radius 3 is 2.59 bits per heavy atom. The van der Waals surface area contributed by atoms with Gasteiger partial charge in [-0.05, 0) is 20.9 Å². The maximum Gasteiger partial charge on any atom is 0.311 e. The third-order valence-electron chi connectivity index (χ3n) is 3.31. The Bertz CT molecular complexity index is 427. The van der Waals surface area contributed by atoms with Gasteiger partial charge in [0.2, 0.25) is 5.89 Å². The van der Waals surface area contributed by atoms with E-state index in [1.165, 1.54) is 0 Å². The molecule has 0 aromatic carbocycles. The highest BCUT2D eigenvalue weighted by molar-refractivity contribution is 5.89. The summed E-state index contributed by atoms with van der Waals surface area (Å²) in [5.74, 6) is 0.330. The molecule has 0 N–H and O–H groups in total. The molecule has 2 heterocycles. The summed E-state index contributed by atoms with van der Waals surface area (Å²) >= 11 is 0. The van der Waals surface area contributed by atoms with Gasteiger partial charge in [-0.1, -0.05) is 0 Å². The van der Waals surface area contributed by atoms with Gasteiger partial charge in [0.25, 0.3) is 0 Å². The smallest absolute Gasteiger partial charge is 0.311 e. The highest BCUT2D eigenvalue weighted by Gasteiger charge is 2.34. The fraction of sp³-hybridized carbons (Fsp3) is 0.727. The van der Waals surface area contributed by atoms with Crippen LogP contribution >= 0.6 is 0 Å². The molecule has 94 valence electrons. The minimum atomic E-state index is -0.174. The van der Waals surface area contributed by atoms with Gasteiger partial charge in [0.1, 0.15) is 0 Å². The lowest BCUT2D eigenvalue weighted by atomic mass is 10.00. The lowest BCUT2D eigenvalue weighted by Gasteiger charge is -2.44. The van der Waals surface area contributed by atoms with E-state index in [0.29, 0.717) is 19.0 Å². The van der Waals surface area contributed by atoms with Crippen LogP contribution in [0.15, 0.2) is 4.42 Å². The van der Waals surface area contributed by atoms with Crippen molar-refractivity contribution in [3.8, 4) is 0 Å². The second kappa shape index (κ2) is 4.10. The summed E-state index contributed by atoms with van der Waals surface area (Å²) in [7, 11) is 2.07. The molecule has 1 saturated heterocycles. The zero-order valence-electron chi connectivity index (χ0n) is 10.7. The van der Waals surface area contributed by atoms with Gasteiger partial charge in [0.05, 0.1) is 0 Å². The standard InChI is InChI=1S/C11H18N4O2/c1-8-12-13-9(17-8)10(16)15-6-5-14(4)11(2,3)7-15/h5-7H2,1-4H3. The SMILES string of the molecule is Cc1nnc(C(=O)N2CCN(C)C(C)(C)C2)o1. The summed E-state index contributed by atoms with van der Waals surface area (Å²) in [5.41, 5.74) is -0.0248. The number of rotatable bonds is 1. The van der Waals surface area contributed by atoms with Crippen molar-refractivity contribution in [1.29, 1.82) is 0 Å². The van der Waals surface area contributed by atoms with E-state index in [1.807, 2.05) is 0 Å². The van der Waals surface area contributed by atoms with Gasteiger partial charge in [0.15, 0.2) is 0 Å². The van der Waals surface area contributed by atoms with Gasteiger partial charge in [-0.2, -0.15) is 0 Å². The Morgan fingerprint density at radius 2 is 2.06 bits per heavy atom. The monoisotopic (exact) mass is 238 g/mol. The fourth-order valence-corrected chi connectivity index (χ4v) is 1.93. The molecule has 1 fully saturated rings. The average molecular weight is 238 g/mol. The molecule has 6 heteroatoms. The first-order valence-corrected chi connectivity index (χ1v) is 5.71. The summed E-state index contributed by atoms with van der Waals surface area (Å²) in [5, 5.41) is 7.45. The number of hydrogen-bond donors (Lipinski definition) is 0. The average Bonchev–Trinajstić information content (AvgIpc) is 2.68. The van der Waals surface area contributed by atoms with Crippen molar-refractivity contribution < 1.29 is 9.21 Å². The maximum atomic E-state index is 12.1. The number of aromatic nitrogens is 2. The van der Waals surface area contributed by atoms with E-state index in [0.717, 1.165) is 6.54 Å². The summed E-state index contributed by atoms with van der Waals surface area (Å²) < 4.78 is 5.17. The van der Waals surface area contributed by atoms with E-state index < -0.39 is 0 Å². The second-order valence-electron chi connectivity index (χ2n) is 5.09. The van der Waals surface area contributed by atoms with Crippen LogP contribution in [0.4, 0.5) is 0 Å². The number of aryl methyl sites for hydroxylation is 1. The van der Waals surface area contributed by atoms with Crippen molar-refractivity contribution in [2.45, 2.75) is 26.3 Å². The van der Waals surface area contributed by atoms with Gasteiger partial charge in [-0.3, -0.25) is 9.69 Å². The Morgan fingerprint density at radius 1 is 1.35 bits per heavy atom. The summed E-state index contributed by atoms with van der Waals surface area (Å²) in [6.07, 6.45) is 0. The van der Waals surface area contributed by atoms with Crippen molar-refractivity contribution in [3.63, 3.8) is 0 Å². The number of piperazine rings is 1. The third-order valence-corrected chi connectivity index (χ3v) is 3.31. The highest BCUT2D eigenvalue weighted by Crippen LogP contribution is 2.20. The largest absolute Gasteiger partial charge is 0.417 e. The first-order chi connectivity index (χ1) is 7.90. The van der Waals surface area contributed by atoms with Crippen molar-refractivity contribution >= 4 is 5.91 Å². The molecule has 1 aromatic rings. The molecule has 0 unspecified atom stereocenters. The van der Waals surface area contributed by atoms with Crippen molar-refractivity contribution in [1.82, 2.24) is 20.0 Å². The molecule has 6 nitrogen and oxygen atoms in total. The molecule has 17 heavy (non-hydrogen) atoms. The molecular weight excluding hydrogens is 220 g/mol. The molecule has 0 radical (unpaired) electrons. The number of carbonyl (C=O) groups is 1. The van der Waals surface area contributed by atoms with Crippen LogP contribution in [0.5, 0.6) is 0 Å². The highest BCUT2D eigenvalue weighted by atomic mass is 16.4. The quantitative estimate of drug-likeness (QED) is 0.714. The van der Waals surface area contributed by atoms with Crippen LogP contribution in [-0.4, -0.2) is 58.1 Å². The van der Waals surface area contributed by atoms with Crippen LogP contribution in [0.2, 0.25) is 0 Å². The Kier molecular flexibility index (Phi) is 2.91. The van der Waals surface area contributed by atoms with Crippen molar-refractivity contribution in [2.75, 3.05) is 26.7 Å². The van der Waals surface area contributed by atoms with E-state index in [2.05, 4.69) is 36.0 Å². The molecule has 1 amide bonds. The van der Waals surface area contributed by atoms with Crippen molar-refractivity contribution in [2.24, 2.45) is 0 Å². The van der Waals surface area contributed by atoms with Gasteiger partial charge in [0, 0.05) is 32.1 Å². The molecule has 0 saturated carbocycles. The minimum absolute atomic E-state index is 0.0248. The van der Waals surface area contributed by atoms with E-state index in [9.17, 15) is 4.79 Å². The number of hydrogen-bond acceptors (Lipinski definition) is 5. The molecule has 0 spiro atoms. The molecule has 0 bridgehead atoms. The summed E-state index contributed by atoms with van der Waals surface area (Å²) in [6, 6.07) is 0. The first kappa shape index (κ1) is 12.0. The van der Waals surface area contributed by atoms with Crippen LogP contribution in [0, 0.1) is 6.92 Å². The van der Waals surface area contributed by atoms with E-state index >= 15 is 0 Å². The Balaban J connectivity index is 2.11. The zero-order chi connectivity index (χ0) is 12.6. The number of likely N-dealkylation sites (N-methyl/N-ethyl adjacent to an activating group) is 1. The molecule has 0 atom stereocenters. The second-order valence-corrected chi connectivity index (χ2v) is 5.09. The molecule has 1 aliphatic heterocycles. The number of carbonyl (C=O) groups excluding carboxylic acids is 1. The minimum Gasteiger partial charge on any atom is -0.417 e. The van der Waals surface area contributed by atoms with Crippen LogP contribution in [0.1, 0.15) is 30.4 Å². The third kappa shape index (κ3) is 2.31. The number of amides is 1. The van der Waals surface area contributed by atoms with Crippen LogP contribution < -0.4 is 0 Å². The van der Waals surface area contributed by atoms with Crippen LogP contribution in [0.25, 0.3) is 0 Å². The van der Waals surface area contributed by atoms with E-state index in [-0.39, 0.29) is 17.3 Å². The van der Waals surface area contributed by atoms with Crippen molar-refractivity contribution in [3.05, 3.63) is 11.8 Å². The lowest BCUT2D eigenvalue weighted by Crippen LogP contribution is -2.58. The summed E-state index contributed by atoms with van der Waals surface area (Å²) in [6.45, 7) is 8.13. The Hall–Kier alpha value is -1.43. The summed E-state index contributed by atoms with van der Waals surface area (Å²) in [4.78, 5) is 16.1. The fourth-order valence-electron chi connectivity index (χ4n) is 1.93. The van der Waals surface area contributed by atoms with Crippen LogP contribution in [0.3, 0.4) is 0 Å². The molecular formula is C11H18N4O2. The van der Waals surface area contributed by atoms with Gasteiger partial charge >= 0.3 is 11.8 Å². The molecule has 2 rings (SSSR count). The van der Waals surface area contributed by atoms with Crippen LogP contribution in [-0.2, 0) is 0 Å². The molecule has 1 aliphatic rings. The number of nitrogens with zero attached hydrogens (tertiary/aromatic N) is 4. The topological polar surface area (TPSA) is 62.5 Å². The lowest BCUT2D eigenvalue weighted by molar-refractivity contribution is 0.0283. The molecule has 1 aromatic heterocycles.